The fourth-order valence-electron chi connectivity index (χ4n) is 9.23. The van der Waals surface area contributed by atoms with Crippen LogP contribution < -0.4 is 0 Å². The zero-order chi connectivity index (χ0) is 48.2. The molecule has 0 aliphatic rings. The van der Waals surface area contributed by atoms with Gasteiger partial charge in [0, 0.05) is 19.3 Å². The number of unbranched alkanes of at least 4 members (excludes halogenated alkanes) is 39. The van der Waals surface area contributed by atoms with Gasteiger partial charge in [0.15, 0.2) is 6.10 Å². The lowest BCUT2D eigenvalue weighted by Crippen LogP contribution is -2.30. The van der Waals surface area contributed by atoms with E-state index in [1.165, 1.54) is 225 Å². The Morgan fingerprint density at radius 1 is 0.288 bits per heavy atom. The highest BCUT2D eigenvalue weighted by Crippen LogP contribution is 2.18. The zero-order valence-corrected chi connectivity index (χ0v) is 45.3. The van der Waals surface area contributed by atoms with E-state index >= 15 is 0 Å². The minimum atomic E-state index is -0.763. The second kappa shape index (κ2) is 52.8. The van der Waals surface area contributed by atoms with E-state index in [1.54, 1.807) is 0 Å². The Morgan fingerprint density at radius 3 is 0.742 bits per heavy atom. The molecule has 0 saturated carbocycles. The van der Waals surface area contributed by atoms with Crippen molar-refractivity contribution >= 4 is 17.9 Å². The summed E-state index contributed by atoms with van der Waals surface area (Å²) in [5, 5.41) is 0. The fourth-order valence-corrected chi connectivity index (χ4v) is 9.23. The van der Waals surface area contributed by atoms with Crippen LogP contribution in [0.1, 0.15) is 336 Å². The number of ether oxygens (including phenoxy) is 3. The molecule has 0 aliphatic carbocycles. The van der Waals surface area contributed by atoms with E-state index < -0.39 is 6.10 Å². The molecule has 6 heteroatoms. The minimum Gasteiger partial charge on any atom is -0.462 e. The highest BCUT2D eigenvalue weighted by atomic mass is 16.6. The van der Waals surface area contributed by atoms with Crippen molar-refractivity contribution in [2.24, 2.45) is 11.8 Å². The van der Waals surface area contributed by atoms with E-state index in [0.717, 1.165) is 69.6 Å². The van der Waals surface area contributed by atoms with Gasteiger partial charge in [0.05, 0.1) is 0 Å². The van der Waals surface area contributed by atoms with Crippen molar-refractivity contribution in [2.75, 3.05) is 13.2 Å². The summed E-state index contributed by atoms with van der Waals surface area (Å²) >= 11 is 0. The summed E-state index contributed by atoms with van der Waals surface area (Å²) in [7, 11) is 0. The Balaban J connectivity index is 4.30. The van der Waals surface area contributed by atoms with Crippen LogP contribution in [0.25, 0.3) is 0 Å². The number of rotatable bonds is 54. The summed E-state index contributed by atoms with van der Waals surface area (Å²) in [6.07, 6.45) is 56.7. The van der Waals surface area contributed by atoms with Crippen molar-refractivity contribution in [2.45, 2.75) is 343 Å². The van der Waals surface area contributed by atoms with Gasteiger partial charge in [0.1, 0.15) is 13.2 Å². The molecule has 0 rings (SSSR count). The third kappa shape index (κ3) is 53.4. The first kappa shape index (κ1) is 64.4. The molecular formula is C60H116O6. The molecule has 66 heavy (non-hydrogen) atoms. The molecule has 0 heterocycles. The van der Waals surface area contributed by atoms with Gasteiger partial charge in [0.25, 0.3) is 0 Å². The van der Waals surface area contributed by atoms with Gasteiger partial charge in [-0.15, -0.1) is 0 Å². The Morgan fingerprint density at radius 2 is 0.500 bits per heavy atom. The SMILES string of the molecule is CCCCCCCCCCCCCCCCCCCC(=O)OC[C@@H](COC(=O)CCCCCCCCCCCCCC(C)C)OC(=O)CCCCCCCCCCCCCCCCC(C)C. The van der Waals surface area contributed by atoms with Gasteiger partial charge in [-0.2, -0.15) is 0 Å². The molecule has 0 aromatic rings. The van der Waals surface area contributed by atoms with Gasteiger partial charge in [-0.3, -0.25) is 14.4 Å². The molecule has 6 nitrogen and oxygen atoms in total. The number of hydrogen-bond donors (Lipinski definition) is 0. The average molecular weight is 934 g/mol. The van der Waals surface area contributed by atoms with Gasteiger partial charge in [-0.1, -0.05) is 298 Å². The molecule has 1 atom stereocenters. The van der Waals surface area contributed by atoms with Crippen LogP contribution in [0.2, 0.25) is 0 Å². The van der Waals surface area contributed by atoms with Crippen molar-refractivity contribution in [3.63, 3.8) is 0 Å². The van der Waals surface area contributed by atoms with E-state index in [9.17, 15) is 14.4 Å². The van der Waals surface area contributed by atoms with Gasteiger partial charge >= 0.3 is 17.9 Å². The molecule has 0 spiro atoms. The van der Waals surface area contributed by atoms with Crippen LogP contribution in [0.5, 0.6) is 0 Å². The molecule has 0 N–H and O–H groups in total. The lowest BCUT2D eigenvalue weighted by atomic mass is 10.0. The van der Waals surface area contributed by atoms with Gasteiger partial charge < -0.3 is 14.2 Å². The molecule has 0 aromatic carbocycles. The molecule has 0 radical (unpaired) electrons. The molecule has 0 aromatic heterocycles. The van der Waals surface area contributed by atoms with Crippen LogP contribution in [0, 0.1) is 11.8 Å². The number of carbonyl (C=O) groups is 3. The first-order valence-electron chi connectivity index (χ1n) is 29.7. The van der Waals surface area contributed by atoms with Gasteiger partial charge in [-0.05, 0) is 31.1 Å². The van der Waals surface area contributed by atoms with E-state index in [-0.39, 0.29) is 31.1 Å². The standard InChI is InChI=1S/C60H116O6/c1-6-7-8-9-10-11-12-13-14-15-16-20-25-30-35-40-45-50-58(61)64-53-57(54-65-59(62)51-46-41-36-31-27-22-24-29-34-39-44-49-56(4)5)66-60(63)52-47-42-37-32-26-21-18-17-19-23-28-33-38-43-48-55(2)3/h55-57H,6-54H2,1-5H3/t57-/m0/s1. The monoisotopic (exact) mass is 933 g/mol. The van der Waals surface area contributed by atoms with E-state index in [1.807, 2.05) is 0 Å². The van der Waals surface area contributed by atoms with Crippen molar-refractivity contribution in [3.8, 4) is 0 Å². The number of carbonyl (C=O) groups excluding carboxylic acids is 3. The van der Waals surface area contributed by atoms with Crippen molar-refractivity contribution in [1.29, 1.82) is 0 Å². The molecule has 0 unspecified atom stereocenters. The average Bonchev–Trinajstić information content (AvgIpc) is 3.29. The minimum absolute atomic E-state index is 0.0624. The van der Waals surface area contributed by atoms with Gasteiger partial charge in [0.2, 0.25) is 0 Å². The molecule has 0 bridgehead atoms. The van der Waals surface area contributed by atoms with E-state index in [0.29, 0.717) is 19.3 Å². The second-order valence-electron chi connectivity index (χ2n) is 21.6. The maximum Gasteiger partial charge on any atom is 0.306 e. The quantitative estimate of drug-likeness (QED) is 0.0343. The van der Waals surface area contributed by atoms with Gasteiger partial charge in [-0.25, -0.2) is 0 Å². The van der Waals surface area contributed by atoms with Crippen LogP contribution in [-0.4, -0.2) is 37.2 Å². The Labute approximate surface area is 412 Å². The van der Waals surface area contributed by atoms with Crippen LogP contribution in [-0.2, 0) is 28.6 Å². The summed E-state index contributed by atoms with van der Waals surface area (Å²) in [5.74, 6) is 0.833. The van der Waals surface area contributed by atoms with Crippen LogP contribution >= 0.6 is 0 Å². The summed E-state index contributed by atoms with van der Waals surface area (Å²) in [6, 6.07) is 0. The van der Waals surface area contributed by atoms with E-state index in [2.05, 4.69) is 34.6 Å². The van der Waals surface area contributed by atoms with Crippen LogP contribution in [0.3, 0.4) is 0 Å². The zero-order valence-electron chi connectivity index (χ0n) is 45.3. The first-order valence-corrected chi connectivity index (χ1v) is 29.7. The summed E-state index contributed by atoms with van der Waals surface area (Å²) in [6.45, 7) is 11.4. The smallest absolute Gasteiger partial charge is 0.306 e. The van der Waals surface area contributed by atoms with Crippen molar-refractivity contribution in [3.05, 3.63) is 0 Å². The highest BCUT2D eigenvalue weighted by Gasteiger charge is 2.19. The summed E-state index contributed by atoms with van der Waals surface area (Å²) in [4.78, 5) is 38.2. The van der Waals surface area contributed by atoms with Crippen molar-refractivity contribution < 1.29 is 28.6 Å². The highest BCUT2D eigenvalue weighted by molar-refractivity contribution is 5.71. The maximum atomic E-state index is 12.9. The summed E-state index contributed by atoms with van der Waals surface area (Å²) in [5.41, 5.74) is 0. The van der Waals surface area contributed by atoms with E-state index in [4.69, 9.17) is 14.2 Å². The normalized spacial score (nSPS) is 12.0. The van der Waals surface area contributed by atoms with Crippen LogP contribution in [0.15, 0.2) is 0 Å². The third-order valence-corrected chi connectivity index (χ3v) is 13.7. The predicted molar refractivity (Wildman–Crippen MR) is 284 cm³/mol. The van der Waals surface area contributed by atoms with Crippen molar-refractivity contribution in [1.82, 2.24) is 0 Å². The predicted octanol–water partition coefficient (Wildman–Crippen LogP) is 19.7. The Hall–Kier alpha value is -1.59. The molecular weight excluding hydrogens is 817 g/mol. The Kier molecular flexibility index (Phi) is 51.5. The molecule has 0 fully saturated rings. The van der Waals surface area contributed by atoms with Crippen LogP contribution in [0.4, 0.5) is 0 Å². The first-order chi connectivity index (χ1) is 32.2. The largest absolute Gasteiger partial charge is 0.462 e. The lowest BCUT2D eigenvalue weighted by Gasteiger charge is -2.18. The maximum absolute atomic E-state index is 12.9. The molecule has 0 aliphatic heterocycles. The molecule has 0 saturated heterocycles. The summed E-state index contributed by atoms with van der Waals surface area (Å²) < 4.78 is 16.9. The number of esters is 3. The molecule has 392 valence electrons. The third-order valence-electron chi connectivity index (χ3n) is 13.7. The fraction of sp³-hybridized carbons (Fsp3) is 0.950. The topological polar surface area (TPSA) is 78.9 Å². The number of hydrogen-bond acceptors (Lipinski definition) is 6. The Bertz CT molecular complexity index is 1010. The second-order valence-corrected chi connectivity index (χ2v) is 21.6. The lowest BCUT2D eigenvalue weighted by molar-refractivity contribution is -0.167. The molecule has 0 amide bonds.